The van der Waals surface area contributed by atoms with E-state index in [9.17, 15) is 8.42 Å². The number of nitrogens with zero attached hydrogens (tertiary/aromatic N) is 2. The van der Waals surface area contributed by atoms with Crippen LogP contribution in [0.2, 0.25) is 0 Å². The summed E-state index contributed by atoms with van der Waals surface area (Å²) in [6, 6.07) is 6.34. The van der Waals surface area contributed by atoms with Crippen LogP contribution in [-0.2, 0) is 10.0 Å². The fraction of sp³-hybridized carbons (Fsp3) is 0.286. The zero-order valence-electron chi connectivity index (χ0n) is 11.9. The van der Waals surface area contributed by atoms with Gasteiger partial charge in [0.15, 0.2) is 0 Å². The summed E-state index contributed by atoms with van der Waals surface area (Å²) < 4.78 is 27.7. The summed E-state index contributed by atoms with van der Waals surface area (Å²) in [5.74, 6) is 0.356. The molecule has 1 atom stereocenters. The highest BCUT2D eigenvalue weighted by Crippen LogP contribution is 2.21. The molecule has 0 radical (unpaired) electrons. The minimum Gasteiger partial charge on any atom is -0.369 e. The van der Waals surface area contributed by atoms with E-state index in [1.807, 2.05) is 6.92 Å². The Labute approximate surface area is 124 Å². The minimum absolute atomic E-state index is 0.146. The Morgan fingerprint density at radius 2 is 1.90 bits per heavy atom. The van der Waals surface area contributed by atoms with Crippen LogP contribution in [0.1, 0.15) is 25.5 Å². The highest BCUT2D eigenvalue weighted by molar-refractivity contribution is 7.89. The molecule has 0 aliphatic rings. The number of anilines is 1. The monoisotopic (exact) mass is 306 g/mol. The second kappa shape index (κ2) is 6.64. The number of aromatic nitrogens is 2. The Morgan fingerprint density at radius 1 is 1.19 bits per heavy atom. The zero-order valence-corrected chi connectivity index (χ0v) is 12.8. The van der Waals surface area contributed by atoms with Gasteiger partial charge in [-0.25, -0.2) is 18.1 Å². The molecule has 2 heterocycles. The largest absolute Gasteiger partial charge is 0.369 e. The molecule has 0 spiro atoms. The van der Waals surface area contributed by atoms with Crippen LogP contribution in [0.15, 0.2) is 47.8 Å². The van der Waals surface area contributed by atoms with Gasteiger partial charge in [-0.15, -0.1) is 0 Å². The van der Waals surface area contributed by atoms with E-state index in [0.717, 1.165) is 5.56 Å². The van der Waals surface area contributed by atoms with Gasteiger partial charge in [-0.05, 0) is 43.7 Å². The first-order valence-electron chi connectivity index (χ1n) is 6.65. The molecule has 0 fully saturated rings. The van der Waals surface area contributed by atoms with Crippen molar-refractivity contribution < 1.29 is 8.42 Å². The van der Waals surface area contributed by atoms with Crippen molar-refractivity contribution in [2.24, 2.45) is 0 Å². The molecule has 2 rings (SSSR count). The maximum Gasteiger partial charge on any atom is 0.244 e. The Bertz CT molecular complexity index is 689. The van der Waals surface area contributed by atoms with E-state index in [-0.39, 0.29) is 10.9 Å². The van der Waals surface area contributed by atoms with Crippen LogP contribution in [-0.4, -0.2) is 24.9 Å². The number of pyridine rings is 2. The van der Waals surface area contributed by atoms with Crippen molar-refractivity contribution in [3.8, 4) is 0 Å². The highest BCUT2D eigenvalue weighted by Gasteiger charge is 2.22. The third-order valence-electron chi connectivity index (χ3n) is 2.94. The van der Waals surface area contributed by atoms with Crippen molar-refractivity contribution >= 4 is 15.8 Å². The van der Waals surface area contributed by atoms with Crippen LogP contribution in [0.3, 0.4) is 0 Å². The second-order valence-electron chi connectivity index (χ2n) is 4.50. The number of hydrogen-bond acceptors (Lipinski definition) is 5. The van der Waals surface area contributed by atoms with Crippen molar-refractivity contribution in [3.05, 3.63) is 48.4 Å². The van der Waals surface area contributed by atoms with Gasteiger partial charge in [-0.1, -0.05) is 0 Å². The molecule has 0 saturated carbocycles. The first kappa shape index (κ1) is 15.4. The third-order valence-corrected chi connectivity index (χ3v) is 4.51. The predicted molar refractivity (Wildman–Crippen MR) is 81.4 cm³/mol. The lowest BCUT2D eigenvalue weighted by atomic mass is 10.1. The molecule has 6 nitrogen and oxygen atoms in total. The average Bonchev–Trinajstić information content (AvgIpc) is 2.48. The molecule has 2 aromatic rings. The summed E-state index contributed by atoms with van der Waals surface area (Å²) >= 11 is 0. The van der Waals surface area contributed by atoms with Crippen LogP contribution >= 0.6 is 0 Å². The topological polar surface area (TPSA) is 84.0 Å². The number of rotatable bonds is 6. The second-order valence-corrected chi connectivity index (χ2v) is 6.19. The SMILES string of the molecule is CCNc1ncccc1S(=O)(=O)NC(C)c1ccncc1. The number of hydrogen-bond donors (Lipinski definition) is 2. The molecular weight excluding hydrogens is 288 g/mol. The minimum atomic E-state index is -3.66. The standard InChI is InChI=1S/C14H18N4O2S/c1-3-16-14-13(5-4-8-17-14)21(19,20)18-11(2)12-6-9-15-10-7-12/h4-11,18H,3H2,1-2H3,(H,16,17). The van der Waals surface area contributed by atoms with Gasteiger partial charge >= 0.3 is 0 Å². The lowest BCUT2D eigenvalue weighted by Crippen LogP contribution is -2.28. The lowest BCUT2D eigenvalue weighted by Gasteiger charge is -2.16. The smallest absolute Gasteiger partial charge is 0.244 e. The lowest BCUT2D eigenvalue weighted by molar-refractivity contribution is 0.566. The third kappa shape index (κ3) is 3.77. The van der Waals surface area contributed by atoms with Gasteiger partial charge in [-0.2, -0.15) is 0 Å². The summed E-state index contributed by atoms with van der Waals surface area (Å²) in [5, 5.41) is 2.95. The Balaban J connectivity index is 2.27. The van der Waals surface area contributed by atoms with Crippen LogP contribution in [0.25, 0.3) is 0 Å². The maximum absolute atomic E-state index is 12.5. The van der Waals surface area contributed by atoms with Gasteiger partial charge in [0.1, 0.15) is 10.7 Å². The van der Waals surface area contributed by atoms with Crippen molar-refractivity contribution in [2.45, 2.75) is 24.8 Å². The quantitative estimate of drug-likeness (QED) is 0.852. The molecule has 0 bridgehead atoms. The van der Waals surface area contributed by atoms with Crippen LogP contribution in [0, 0.1) is 0 Å². The highest BCUT2D eigenvalue weighted by atomic mass is 32.2. The fourth-order valence-corrected chi connectivity index (χ4v) is 3.29. The Morgan fingerprint density at radius 3 is 2.57 bits per heavy atom. The van der Waals surface area contributed by atoms with Crippen LogP contribution < -0.4 is 10.0 Å². The Hall–Kier alpha value is -1.99. The van der Waals surface area contributed by atoms with E-state index in [1.165, 1.54) is 6.07 Å². The Kier molecular flexibility index (Phi) is 4.87. The molecule has 0 aliphatic carbocycles. The van der Waals surface area contributed by atoms with E-state index in [0.29, 0.717) is 12.4 Å². The molecule has 7 heteroatoms. The van der Waals surface area contributed by atoms with Crippen LogP contribution in [0.5, 0.6) is 0 Å². The van der Waals surface area contributed by atoms with Crippen LogP contribution in [0.4, 0.5) is 5.82 Å². The van der Waals surface area contributed by atoms with Gasteiger partial charge < -0.3 is 5.32 Å². The van der Waals surface area contributed by atoms with E-state index < -0.39 is 10.0 Å². The van der Waals surface area contributed by atoms with Gasteiger partial charge in [0.2, 0.25) is 10.0 Å². The molecule has 0 aliphatic heterocycles. The average molecular weight is 306 g/mol. The maximum atomic E-state index is 12.5. The van der Waals surface area contributed by atoms with Gasteiger partial charge in [0.25, 0.3) is 0 Å². The van der Waals surface area contributed by atoms with E-state index in [1.54, 1.807) is 43.7 Å². The van der Waals surface area contributed by atoms with E-state index >= 15 is 0 Å². The summed E-state index contributed by atoms with van der Waals surface area (Å²) in [6.07, 6.45) is 4.83. The number of sulfonamides is 1. The van der Waals surface area contributed by atoms with Crippen molar-refractivity contribution in [3.63, 3.8) is 0 Å². The van der Waals surface area contributed by atoms with Crippen molar-refractivity contribution in [2.75, 3.05) is 11.9 Å². The van der Waals surface area contributed by atoms with Crippen molar-refractivity contribution in [1.29, 1.82) is 0 Å². The van der Waals surface area contributed by atoms with E-state index in [2.05, 4.69) is 20.0 Å². The normalized spacial score (nSPS) is 12.9. The van der Waals surface area contributed by atoms with Gasteiger partial charge in [-0.3, -0.25) is 4.98 Å². The molecule has 0 amide bonds. The summed E-state index contributed by atoms with van der Waals surface area (Å²) in [4.78, 5) is 8.14. The summed E-state index contributed by atoms with van der Waals surface area (Å²) in [7, 11) is -3.66. The van der Waals surface area contributed by atoms with Crippen molar-refractivity contribution in [1.82, 2.24) is 14.7 Å². The fourth-order valence-electron chi connectivity index (χ4n) is 1.92. The molecule has 2 N–H and O–H groups in total. The first-order chi connectivity index (χ1) is 10.0. The molecule has 0 saturated heterocycles. The molecule has 0 aromatic carbocycles. The predicted octanol–water partition coefficient (Wildman–Crippen LogP) is 1.95. The molecule has 1 unspecified atom stereocenters. The molecule has 21 heavy (non-hydrogen) atoms. The summed E-state index contributed by atoms with van der Waals surface area (Å²) in [5.41, 5.74) is 0.850. The number of nitrogens with one attached hydrogen (secondary N) is 2. The first-order valence-corrected chi connectivity index (χ1v) is 8.14. The van der Waals surface area contributed by atoms with Gasteiger partial charge in [0.05, 0.1) is 0 Å². The molecular formula is C14H18N4O2S. The van der Waals surface area contributed by atoms with Gasteiger partial charge in [0, 0.05) is 31.2 Å². The molecule has 2 aromatic heterocycles. The zero-order chi connectivity index (χ0) is 15.3. The molecule has 112 valence electrons. The summed E-state index contributed by atoms with van der Waals surface area (Å²) in [6.45, 7) is 4.27. The van der Waals surface area contributed by atoms with E-state index in [4.69, 9.17) is 0 Å².